The van der Waals surface area contributed by atoms with Crippen LogP contribution in [0.2, 0.25) is 15.2 Å². The van der Waals surface area contributed by atoms with Crippen LogP contribution in [0.25, 0.3) is 0 Å². The highest BCUT2D eigenvalue weighted by molar-refractivity contribution is 7.09. The fraction of sp³-hybridized carbons (Fsp3) is 0.375. The second kappa shape index (κ2) is 7.90. The SMILES string of the molecule is N#Cc1c(Cl)nc(N(Cc2cccs2)C[C@H]2CCCO2)c(Cl)c1Cl. The van der Waals surface area contributed by atoms with Gasteiger partial charge in [-0.3, -0.25) is 0 Å². The van der Waals surface area contributed by atoms with Gasteiger partial charge in [0.25, 0.3) is 0 Å². The Balaban J connectivity index is 1.96. The number of nitrogens with zero attached hydrogens (tertiary/aromatic N) is 3. The maximum Gasteiger partial charge on any atom is 0.151 e. The van der Waals surface area contributed by atoms with Gasteiger partial charge in [-0.05, 0) is 24.3 Å². The van der Waals surface area contributed by atoms with Gasteiger partial charge in [-0.2, -0.15) is 5.26 Å². The van der Waals surface area contributed by atoms with Crippen molar-refractivity contribution in [1.82, 2.24) is 4.98 Å². The summed E-state index contributed by atoms with van der Waals surface area (Å²) < 4.78 is 5.74. The molecular formula is C16H14Cl3N3OS. The van der Waals surface area contributed by atoms with Crippen LogP contribution >= 0.6 is 46.1 Å². The Morgan fingerprint density at radius 2 is 2.21 bits per heavy atom. The smallest absolute Gasteiger partial charge is 0.151 e. The van der Waals surface area contributed by atoms with E-state index in [9.17, 15) is 0 Å². The van der Waals surface area contributed by atoms with Crippen LogP contribution in [0.3, 0.4) is 0 Å². The van der Waals surface area contributed by atoms with Crippen LogP contribution in [-0.2, 0) is 11.3 Å². The van der Waals surface area contributed by atoms with E-state index in [0.29, 0.717) is 18.9 Å². The van der Waals surface area contributed by atoms with E-state index in [1.807, 2.05) is 28.5 Å². The first-order valence-corrected chi connectivity index (χ1v) is 9.45. The van der Waals surface area contributed by atoms with Gasteiger partial charge in [0.15, 0.2) is 11.0 Å². The molecule has 1 saturated heterocycles. The molecule has 3 heterocycles. The van der Waals surface area contributed by atoms with Crippen molar-refractivity contribution in [3.05, 3.63) is 43.2 Å². The van der Waals surface area contributed by atoms with Crippen LogP contribution < -0.4 is 4.90 Å². The summed E-state index contributed by atoms with van der Waals surface area (Å²) in [5.41, 5.74) is 0.0975. The lowest BCUT2D eigenvalue weighted by Crippen LogP contribution is -2.32. The van der Waals surface area contributed by atoms with Crippen LogP contribution in [0.1, 0.15) is 23.3 Å². The predicted octanol–water partition coefficient (Wildman–Crippen LogP) is 5.16. The average molecular weight is 403 g/mol. The molecule has 0 unspecified atom stereocenters. The number of thiophene rings is 1. The number of ether oxygens (including phenoxy) is 1. The molecule has 2 aromatic heterocycles. The van der Waals surface area contributed by atoms with Crippen molar-refractivity contribution in [3.63, 3.8) is 0 Å². The first-order chi connectivity index (χ1) is 11.6. The molecule has 3 rings (SSSR count). The lowest BCUT2D eigenvalue weighted by atomic mass is 10.2. The standard InChI is InChI=1S/C16H14Cl3N3OS/c17-13-12(7-20)15(19)21-16(14(13)18)22(8-10-3-1-5-23-10)9-11-4-2-6-24-11/h2,4,6,10H,1,3,5,8-9H2/t10-/m1/s1. The molecule has 0 aromatic carbocycles. The molecule has 0 radical (unpaired) electrons. The van der Waals surface area contributed by atoms with E-state index >= 15 is 0 Å². The second-order valence-corrected chi connectivity index (χ2v) is 7.58. The van der Waals surface area contributed by atoms with Crippen molar-refractivity contribution in [1.29, 1.82) is 5.26 Å². The van der Waals surface area contributed by atoms with E-state index in [-0.39, 0.29) is 26.9 Å². The lowest BCUT2D eigenvalue weighted by molar-refractivity contribution is 0.115. The summed E-state index contributed by atoms with van der Waals surface area (Å²) in [6.07, 6.45) is 2.17. The zero-order valence-electron chi connectivity index (χ0n) is 12.6. The molecule has 126 valence electrons. The molecule has 0 spiro atoms. The molecule has 1 atom stereocenters. The van der Waals surface area contributed by atoms with Gasteiger partial charge < -0.3 is 9.64 Å². The third kappa shape index (κ3) is 3.79. The van der Waals surface area contributed by atoms with Gasteiger partial charge in [0.2, 0.25) is 0 Å². The lowest BCUT2D eigenvalue weighted by Gasteiger charge is -2.27. The Hall–Kier alpha value is -1.03. The zero-order valence-corrected chi connectivity index (χ0v) is 15.7. The molecule has 4 nitrogen and oxygen atoms in total. The number of hydrogen-bond acceptors (Lipinski definition) is 5. The Bertz CT molecular complexity index is 755. The summed E-state index contributed by atoms with van der Waals surface area (Å²) in [5, 5.41) is 11.6. The molecule has 8 heteroatoms. The summed E-state index contributed by atoms with van der Waals surface area (Å²) in [6.45, 7) is 2.04. The topological polar surface area (TPSA) is 49.2 Å². The van der Waals surface area contributed by atoms with Gasteiger partial charge in [-0.25, -0.2) is 4.98 Å². The summed E-state index contributed by atoms with van der Waals surface area (Å²) in [5.74, 6) is 0.481. The molecule has 0 amide bonds. The minimum absolute atomic E-state index is 0.0606. The Morgan fingerprint density at radius 1 is 1.38 bits per heavy atom. The van der Waals surface area contributed by atoms with Crippen LogP contribution in [0.15, 0.2) is 17.5 Å². The van der Waals surface area contributed by atoms with E-state index in [0.717, 1.165) is 19.4 Å². The van der Waals surface area contributed by atoms with Gasteiger partial charge in [-0.15, -0.1) is 11.3 Å². The van der Waals surface area contributed by atoms with Gasteiger partial charge in [0.05, 0.1) is 17.7 Å². The van der Waals surface area contributed by atoms with Crippen molar-refractivity contribution in [2.24, 2.45) is 0 Å². The number of rotatable bonds is 5. The van der Waals surface area contributed by atoms with Crippen LogP contribution in [0.4, 0.5) is 5.82 Å². The predicted molar refractivity (Wildman–Crippen MR) is 98.3 cm³/mol. The average Bonchev–Trinajstić information content (AvgIpc) is 3.24. The maximum atomic E-state index is 9.14. The summed E-state index contributed by atoms with van der Waals surface area (Å²) >= 11 is 20.4. The first kappa shape index (κ1) is 17.8. The number of nitriles is 1. The van der Waals surface area contributed by atoms with E-state index in [1.165, 1.54) is 4.88 Å². The van der Waals surface area contributed by atoms with Crippen molar-refractivity contribution in [2.75, 3.05) is 18.1 Å². The van der Waals surface area contributed by atoms with Crippen molar-refractivity contribution >= 4 is 52.0 Å². The van der Waals surface area contributed by atoms with Gasteiger partial charge in [0, 0.05) is 18.0 Å². The van der Waals surface area contributed by atoms with Crippen LogP contribution in [0, 0.1) is 11.3 Å². The third-order valence-electron chi connectivity index (χ3n) is 3.81. The van der Waals surface area contributed by atoms with Gasteiger partial charge in [-0.1, -0.05) is 40.9 Å². The molecule has 24 heavy (non-hydrogen) atoms. The third-order valence-corrected chi connectivity index (χ3v) is 5.77. The van der Waals surface area contributed by atoms with E-state index in [2.05, 4.69) is 4.98 Å². The highest BCUT2D eigenvalue weighted by Crippen LogP contribution is 2.37. The maximum absolute atomic E-state index is 9.14. The van der Waals surface area contributed by atoms with Gasteiger partial charge in [0.1, 0.15) is 16.7 Å². The van der Waals surface area contributed by atoms with Crippen molar-refractivity contribution < 1.29 is 4.74 Å². The normalized spacial score (nSPS) is 17.0. The monoisotopic (exact) mass is 401 g/mol. The minimum Gasteiger partial charge on any atom is -0.376 e. The van der Waals surface area contributed by atoms with Crippen LogP contribution in [0.5, 0.6) is 0 Å². The molecule has 0 bridgehead atoms. The molecule has 1 fully saturated rings. The van der Waals surface area contributed by atoms with Crippen molar-refractivity contribution in [3.8, 4) is 6.07 Å². The zero-order chi connectivity index (χ0) is 17.1. The molecule has 0 aliphatic carbocycles. The molecular weight excluding hydrogens is 389 g/mol. The highest BCUT2D eigenvalue weighted by atomic mass is 35.5. The fourth-order valence-electron chi connectivity index (χ4n) is 2.65. The van der Waals surface area contributed by atoms with E-state index < -0.39 is 0 Å². The molecule has 1 aliphatic heterocycles. The summed E-state index contributed by atoms with van der Waals surface area (Å²) in [6, 6.07) is 5.98. The number of aromatic nitrogens is 1. The van der Waals surface area contributed by atoms with Gasteiger partial charge >= 0.3 is 0 Å². The number of pyridine rings is 1. The quantitative estimate of drug-likeness (QED) is 0.648. The Kier molecular flexibility index (Phi) is 5.85. The molecule has 2 aromatic rings. The van der Waals surface area contributed by atoms with E-state index in [4.69, 9.17) is 44.8 Å². The first-order valence-electron chi connectivity index (χ1n) is 7.43. The largest absolute Gasteiger partial charge is 0.376 e. The minimum atomic E-state index is 0.0606. The summed E-state index contributed by atoms with van der Waals surface area (Å²) in [7, 11) is 0. The highest BCUT2D eigenvalue weighted by Gasteiger charge is 2.25. The molecule has 0 N–H and O–H groups in total. The molecule has 0 saturated carbocycles. The number of hydrogen-bond donors (Lipinski definition) is 0. The number of halogens is 3. The van der Waals surface area contributed by atoms with E-state index in [1.54, 1.807) is 11.3 Å². The second-order valence-electron chi connectivity index (χ2n) is 5.44. The fourth-order valence-corrected chi connectivity index (χ4v) is 4.11. The molecule has 1 aliphatic rings. The number of anilines is 1. The van der Waals surface area contributed by atoms with Crippen LogP contribution in [-0.4, -0.2) is 24.2 Å². The Morgan fingerprint density at radius 3 is 2.83 bits per heavy atom. The summed E-state index contributed by atoms with van der Waals surface area (Å²) in [4.78, 5) is 7.51. The van der Waals surface area contributed by atoms with Crippen molar-refractivity contribution in [2.45, 2.75) is 25.5 Å². The Labute approximate surface area is 159 Å².